The fraction of sp³-hybridized carbons (Fsp3) is 0.462. The van der Waals surface area contributed by atoms with Gasteiger partial charge in [-0.1, -0.05) is 43.3 Å². The Morgan fingerprint density at radius 1 is 1.19 bits per heavy atom. The van der Waals surface area contributed by atoms with Crippen LogP contribution in [0.4, 0.5) is 10.5 Å². The van der Waals surface area contributed by atoms with Crippen molar-refractivity contribution in [3.63, 3.8) is 0 Å². The van der Waals surface area contributed by atoms with Gasteiger partial charge in [0.2, 0.25) is 0 Å². The molecule has 1 aliphatic rings. The Labute approximate surface area is 186 Å². The molecule has 2 unspecified atom stereocenters. The lowest BCUT2D eigenvalue weighted by Crippen LogP contribution is -2.43. The summed E-state index contributed by atoms with van der Waals surface area (Å²) in [6.07, 6.45) is 6.93. The number of hydrogen-bond acceptors (Lipinski definition) is 3. The summed E-state index contributed by atoms with van der Waals surface area (Å²) in [6, 6.07) is 20.2. The molecule has 31 heavy (non-hydrogen) atoms. The lowest BCUT2D eigenvalue weighted by molar-refractivity contribution is 0.104. The first kappa shape index (κ1) is 22.8. The van der Waals surface area contributed by atoms with Gasteiger partial charge in [-0.15, -0.1) is 0 Å². The maximum Gasteiger partial charge on any atom is 0.319 e. The van der Waals surface area contributed by atoms with Crippen LogP contribution in [0.15, 0.2) is 54.6 Å². The average molecular weight is 419 g/mol. The van der Waals surface area contributed by atoms with Gasteiger partial charge < -0.3 is 15.5 Å². The van der Waals surface area contributed by atoms with Gasteiger partial charge in [-0.05, 0) is 81.3 Å². The number of anilines is 1. The van der Waals surface area contributed by atoms with Crippen LogP contribution in [-0.4, -0.2) is 36.6 Å². The second-order valence-electron chi connectivity index (χ2n) is 8.49. The first-order valence-electron chi connectivity index (χ1n) is 11.5. The number of carbonyl (C=O) groups is 1. The summed E-state index contributed by atoms with van der Waals surface area (Å²) in [5, 5.41) is 14.7. The molecule has 2 N–H and O–H groups in total. The van der Waals surface area contributed by atoms with Crippen LogP contribution >= 0.6 is 0 Å². The van der Waals surface area contributed by atoms with E-state index in [-0.39, 0.29) is 6.03 Å². The van der Waals surface area contributed by atoms with E-state index in [1.165, 1.54) is 37.8 Å². The number of urea groups is 1. The molecule has 2 aromatic rings. The van der Waals surface area contributed by atoms with Gasteiger partial charge in [-0.25, -0.2) is 4.79 Å². The summed E-state index contributed by atoms with van der Waals surface area (Å²) in [4.78, 5) is 14.8. The molecule has 0 spiro atoms. The molecule has 1 fully saturated rings. The largest absolute Gasteiger partial charge is 0.338 e. The zero-order chi connectivity index (χ0) is 21.9. The highest BCUT2D eigenvalue weighted by atomic mass is 16.2. The minimum absolute atomic E-state index is 0.217. The van der Waals surface area contributed by atoms with Crippen molar-refractivity contribution in [2.75, 3.05) is 25.0 Å². The third-order valence-corrected chi connectivity index (χ3v) is 6.07. The van der Waals surface area contributed by atoms with Crippen LogP contribution in [0.2, 0.25) is 0 Å². The number of amides is 2. The molecule has 1 saturated heterocycles. The fourth-order valence-corrected chi connectivity index (χ4v) is 4.58. The van der Waals surface area contributed by atoms with Crippen molar-refractivity contribution in [2.45, 2.75) is 51.5 Å². The van der Waals surface area contributed by atoms with Crippen molar-refractivity contribution < 1.29 is 4.79 Å². The van der Waals surface area contributed by atoms with Crippen LogP contribution in [0.25, 0.3) is 0 Å². The van der Waals surface area contributed by atoms with Gasteiger partial charge in [0.15, 0.2) is 0 Å². The summed E-state index contributed by atoms with van der Waals surface area (Å²) in [5.74, 6) is 0.740. The predicted octanol–water partition coefficient (Wildman–Crippen LogP) is 5.19. The summed E-state index contributed by atoms with van der Waals surface area (Å²) in [7, 11) is 0. The molecule has 2 atom stereocenters. The minimum atomic E-state index is -0.217. The number of nitrogens with one attached hydrogen (secondary N) is 2. The molecular weight excluding hydrogens is 384 g/mol. The predicted molar refractivity (Wildman–Crippen MR) is 126 cm³/mol. The highest BCUT2D eigenvalue weighted by Crippen LogP contribution is 2.28. The second kappa shape index (κ2) is 12.1. The number of nitriles is 1. The van der Waals surface area contributed by atoms with Crippen molar-refractivity contribution in [3.05, 3.63) is 65.7 Å². The van der Waals surface area contributed by atoms with Crippen LogP contribution in [0.3, 0.4) is 0 Å². The third-order valence-electron chi connectivity index (χ3n) is 6.07. The molecule has 0 saturated carbocycles. The van der Waals surface area contributed by atoms with Gasteiger partial charge in [0.25, 0.3) is 0 Å². The average Bonchev–Trinajstić information content (AvgIpc) is 2.79. The summed E-state index contributed by atoms with van der Waals surface area (Å²) < 4.78 is 0. The minimum Gasteiger partial charge on any atom is -0.338 e. The normalized spacial score (nSPS) is 18.8. The Morgan fingerprint density at radius 3 is 2.81 bits per heavy atom. The molecule has 0 radical (unpaired) electrons. The topological polar surface area (TPSA) is 68.2 Å². The van der Waals surface area contributed by atoms with Crippen LogP contribution in [0.1, 0.15) is 50.2 Å². The highest BCUT2D eigenvalue weighted by Gasteiger charge is 2.27. The Kier molecular flexibility index (Phi) is 8.93. The van der Waals surface area contributed by atoms with Gasteiger partial charge in [-0.3, -0.25) is 0 Å². The number of benzene rings is 2. The first-order chi connectivity index (χ1) is 15.2. The summed E-state index contributed by atoms with van der Waals surface area (Å²) in [5.41, 5.74) is 2.62. The molecule has 2 amide bonds. The van der Waals surface area contributed by atoms with Crippen molar-refractivity contribution in [2.24, 2.45) is 5.92 Å². The van der Waals surface area contributed by atoms with Crippen molar-refractivity contribution in [1.82, 2.24) is 10.2 Å². The Balaban J connectivity index is 1.43. The van der Waals surface area contributed by atoms with Gasteiger partial charge in [0.05, 0.1) is 11.6 Å². The van der Waals surface area contributed by atoms with E-state index < -0.39 is 0 Å². The second-order valence-corrected chi connectivity index (χ2v) is 8.49. The van der Waals surface area contributed by atoms with Crippen molar-refractivity contribution in [1.29, 1.82) is 5.26 Å². The highest BCUT2D eigenvalue weighted by molar-refractivity contribution is 5.89. The Bertz CT molecular complexity index is 861. The Hall–Kier alpha value is -2.84. The summed E-state index contributed by atoms with van der Waals surface area (Å²) >= 11 is 0. The number of piperidine rings is 1. The molecule has 1 aliphatic heterocycles. The molecule has 0 aliphatic carbocycles. The molecule has 2 aromatic carbocycles. The van der Waals surface area contributed by atoms with Crippen LogP contribution in [0.5, 0.6) is 0 Å². The molecular formula is C26H34N4O. The molecule has 0 bridgehead atoms. The van der Waals surface area contributed by atoms with Gasteiger partial charge in [0.1, 0.15) is 0 Å². The molecule has 164 valence electrons. The van der Waals surface area contributed by atoms with E-state index in [9.17, 15) is 4.79 Å². The third kappa shape index (κ3) is 7.41. The first-order valence-corrected chi connectivity index (χ1v) is 11.5. The molecule has 5 nitrogen and oxygen atoms in total. The quantitative estimate of drug-likeness (QED) is 0.551. The van der Waals surface area contributed by atoms with Crippen LogP contribution < -0.4 is 10.6 Å². The summed E-state index contributed by atoms with van der Waals surface area (Å²) in [6.45, 7) is 5.24. The monoisotopic (exact) mass is 418 g/mol. The Morgan fingerprint density at radius 2 is 2.03 bits per heavy atom. The van der Waals surface area contributed by atoms with E-state index >= 15 is 0 Å². The number of hydrogen-bond donors (Lipinski definition) is 2. The maximum atomic E-state index is 12.2. The number of rotatable bonds is 9. The van der Waals surface area contributed by atoms with E-state index in [0.717, 1.165) is 25.3 Å². The van der Waals surface area contributed by atoms with Crippen LogP contribution in [-0.2, 0) is 6.42 Å². The van der Waals surface area contributed by atoms with Crippen molar-refractivity contribution >= 4 is 11.7 Å². The molecule has 3 rings (SSSR count). The van der Waals surface area contributed by atoms with Crippen molar-refractivity contribution in [3.8, 4) is 6.07 Å². The van der Waals surface area contributed by atoms with E-state index in [4.69, 9.17) is 5.26 Å². The van der Waals surface area contributed by atoms with Crippen LogP contribution in [0, 0.1) is 17.2 Å². The maximum absolute atomic E-state index is 12.2. The van der Waals surface area contributed by atoms with Gasteiger partial charge in [-0.2, -0.15) is 5.26 Å². The molecule has 1 heterocycles. The SMILES string of the molecule is CCCN1CCC(Cc2ccccc2)CC1CCCNC(=O)Nc1cccc(C#N)c1. The van der Waals surface area contributed by atoms with Gasteiger partial charge >= 0.3 is 6.03 Å². The van der Waals surface area contributed by atoms with Gasteiger partial charge in [0, 0.05) is 18.3 Å². The number of carbonyl (C=O) groups excluding carboxylic acids is 1. The van der Waals surface area contributed by atoms with E-state index in [1.807, 2.05) is 0 Å². The standard InChI is InChI=1S/C26H34N4O/c1-2-15-30-16-13-22(17-21-8-4-3-5-9-21)19-25(30)12-7-14-28-26(31)29-24-11-6-10-23(18-24)20-27/h3-6,8-11,18,22,25H,2,7,12-17,19H2,1H3,(H2,28,29,31). The smallest absolute Gasteiger partial charge is 0.319 e. The molecule has 5 heteroatoms. The zero-order valence-corrected chi connectivity index (χ0v) is 18.5. The lowest BCUT2D eigenvalue weighted by atomic mass is 9.84. The lowest BCUT2D eigenvalue weighted by Gasteiger charge is -2.40. The number of nitrogens with zero attached hydrogens (tertiary/aromatic N) is 2. The van der Waals surface area contributed by atoms with E-state index in [2.05, 4.69) is 58.9 Å². The van der Waals surface area contributed by atoms with E-state index in [0.29, 0.717) is 23.8 Å². The van der Waals surface area contributed by atoms with E-state index in [1.54, 1.807) is 24.3 Å². The number of likely N-dealkylation sites (tertiary alicyclic amines) is 1. The molecule has 0 aromatic heterocycles. The fourth-order valence-electron chi connectivity index (χ4n) is 4.58. The zero-order valence-electron chi connectivity index (χ0n) is 18.5.